The van der Waals surface area contributed by atoms with Crippen molar-refractivity contribution in [3.05, 3.63) is 60.0 Å². The Morgan fingerprint density at radius 3 is 2.43 bits per heavy atom. The van der Waals surface area contributed by atoms with Gasteiger partial charge in [-0.15, -0.1) is 10.2 Å². The van der Waals surface area contributed by atoms with E-state index in [9.17, 15) is 9.59 Å². The zero-order chi connectivity index (χ0) is 24.8. The number of methoxy groups -OCH3 is 1. The van der Waals surface area contributed by atoms with Gasteiger partial charge < -0.3 is 24.3 Å². The van der Waals surface area contributed by atoms with Crippen LogP contribution in [-0.2, 0) is 4.79 Å². The van der Waals surface area contributed by atoms with Gasteiger partial charge in [-0.25, -0.2) is 0 Å². The Kier molecular flexibility index (Phi) is 7.91. The Morgan fingerprint density at radius 1 is 1.06 bits per heavy atom. The van der Waals surface area contributed by atoms with Crippen molar-refractivity contribution in [2.75, 3.05) is 49.3 Å². The molecular weight excluding hydrogens is 466 g/mol. The van der Waals surface area contributed by atoms with Crippen molar-refractivity contribution in [1.82, 2.24) is 15.1 Å². The van der Waals surface area contributed by atoms with Crippen molar-refractivity contribution in [3.63, 3.8) is 0 Å². The molecule has 1 N–H and O–H groups in total. The molecule has 9 nitrogen and oxygen atoms in total. The van der Waals surface area contributed by atoms with Gasteiger partial charge in [-0.3, -0.25) is 9.59 Å². The highest BCUT2D eigenvalue weighted by Gasteiger charge is 2.24. The molecule has 0 unspecified atom stereocenters. The van der Waals surface area contributed by atoms with E-state index in [1.807, 2.05) is 55.1 Å². The van der Waals surface area contributed by atoms with E-state index in [0.29, 0.717) is 35.5 Å². The molecule has 1 aliphatic rings. The average molecular weight is 496 g/mol. The molecule has 0 saturated carbocycles. The monoisotopic (exact) mass is 495 g/mol. The number of carbonyl (C=O) groups is 2. The van der Waals surface area contributed by atoms with Crippen LogP contribution in [0.2, 0.25) is 0 Å². The van der Waals surface area contributed by atoms with Crippen LogP contribution in [0.4, 0.5) is 11.4 Å². The van der Waals surface area contributed by atoms with Crippen LogP contribution in [0.15, 0.2) is 58.2 Å². The number of hydrogen-bond donors (Lipinski definition) is 1. The summed E-state index contributed by atoms with van der Waals surface area (Å²) >= 11 is 1.21. The largest absolute Gasteiger partial charge is 0.496 e. The Bertz CT molecular complexity index is 1160. The van der Waals surface area contributed by atoms with Gasteiger partial charge in [-0.05, 0) is 36.4 Å². The number of benzene rings is 2. The van der Waals surface area contributed by atoms with E-state index in [1.165, 1.54) is 11.8 Å². The van der Waals surface area contributed by atoms with E-state index >= 15 is 0 Å². The number of nitrogens with zero attached hydrogens (tertiary/aromatic N) is 4. The van der Waals surface area contributed by atoms with Crippen molar-refractivity contribution in [2.45, 2.75) is 25.0 Å². The summed E-state index contributed by atoms with van der Waals surface area (Å²) in [7, 11) is 1.57. The molecule has 184 valence electrons. The summed E-state index contributed by atoms with van der Waals surface area (Å²) in [6.45, 7) is 6.65. The average Bonchev–Trinajstić information content (AvgIpc) is 3.37. The SMILES string of the molecule is COc1ccccc1C(=O)N1CCN(c2ccc(NC(=O)CSc3nnc(C(C)C)o3)cc2)CC1. The van der Waals surface area contributed by atoms with E-state index in [2.05, 4.69) is 20.4 Å². The third-order valence-electron chi connectivity index (χ3n) is 5.66. The molecule has 1 saturated heterocycles. The molecular formula is C25H29N5O4S. The molecule has 10 heteroatoms. The summed E-state index contributed by atoms with van der Waals surface area (Å²) in [6, 6.07) is 15.0. The number of nitrogens with one attached hydrogen (secondary N) is 1. The minimum Gasteiger partial charge on any atom is -0.496 e. The molecule has 1 aromatic heterocycles. The lowest BCUT2D eigenvalue weighted by Gasteiger charge is -2.36. The predicted molar refractivity (Wildman–Crippen MR) is 135 cm³/mol. The van der Waals surface area contributed by atoms with Crippen LogP contribution in [0.1, 0.15) is 36.0 Å². The van der Waals surface area contributed by atoms with E-state index in [-0.39, 0.29) is 23.5 Å². The number of amides is 2. The number of piperazine rings is 1. The molecule has 0 radical (unpaired) electrons. The summed E-state index contributed by atoms with van der Waals surface area (Å²) in [6.07, 6.45) is 0. The third-order valence-corrected chi connectivity index (χ3v) is 6.48. The standard InChI is InChI=1S/C25H29N5O4S/c1-17(2)23-27-28-25(34-23)35-16-22(31)26-18-8-10-19(11-9-18)29-12-14-30(15-13-29)24(32)20-6-4-5-7-21(20)33-3/h4-11,17H,12-16H2,1-3H3,(H,26,31). The van der Waals surface area contributed by atoms with E-state index in [4.69, 9.17) is 9.15 Å². The van der Waals surface area contributed by atoms with E-state index < -0.39 is 0 Å². The number of rotatable bonds is 8. The van der Waals surface area contributed by atoms with Crippen molar-refractivity contribution in [3.8, 4) is 5.75 Å². The van der Waals surface area contributed by atoms with Gasteiger partial charge in [-0.2, -0.15) is 0 Å². The van der Waals surface area contributed by atoms with Crippen molar-refractivity contribution >= 4 is 35.0 Å². The molecule has 4 rings (SSSR count). The molecule has 35 heavy (non-hydrogen) atoms. The maximum absolute atomic E-state index is 12.9. The predicted octanol–water partition coefficient (Wildman–Crippen LogP) is 3.89. The maximum atomic E-state index is 12.9. The number of anilines is 2. The third kappa shape index (κ3) is 6.13. The molecule has 0 bridgehead atoms. The lowest BCUT2D eigenvalue weighted by atomic mass is 10.1. The molecule has 1 aliphatic heterocycles. The maximum Gasteiger partial charge on any atom is 0.277 e. The zero-order valence-corrected chi connectivity index (χ0v) is 20.9. The van der Waals surface area contributed by atoms with Gasteiger partial charge in [0.05, 0.1) is 18.4 Å². The second-order valence-electron chi connectivity index (χ2n) is 8.42. The summed E-state index contributed by atoms with van der Waals surface area (Å²) in [4.78, 5) is 29.3. The molecule has 2 aromatic carbocycles. The normalized spacial score (nSPS) is 13.7. The van der Waals surface area contributed by atoms with Gasteiger partial charge in [0.1, 0.15) is 5.75 Å². The quantitative estimate of drug-likeness (QED) is 0.470. The molecule has 2 heterocycles. The molecule has 3 aromatic rings. The first-order chi connectivity index (χ1) is 16.9. The van der Waals surface area contributed by atoms with Gasteiger partial charge >= 0.3 is 0 Å². The minimum atomic E-state index is -0.143. The van der Waals surface area contributed by atoms with Gasteiger partial charge in [0.25, 0.3) is 11.1 Å². The zero-order valence-electron chi connectivity index (χ0n) is 20.1. The van der Waals surface area contributed by atoms with Crippen LogP contribution in [0.25, 0.3) is 0 Å². The first kappa shape index (κ1) is 24.6. The summed E-state index contributed by atoms with van der Waals surface area (Å²) in [5.74, 6) is 1.33. The van der Waals surface area contributed by atoms with E-state index in [1.54, 1.807) is 19.2 Å². The fourth-order valence-electron chi connectivity index (χ4n) is 3.75. The van der Waals surface area contributed by atoms with Crippen LogP contribution in [0.5, 0.6) is 5.75 Å². The van der Waals surface area contributed by atoms with Crippen molar-refractivity contribution in [1.29, 1.82) is 0 Å². The first-order valence-corrected chi connectivity index (χ1v) is 12.5. The second kappa shape index (κ2) is 11.3. The molecule has 2 amide bonds. The lowest BCUT2D eigenvalue weighted by molar-refractivity contribution is -0.113. The van der Waals surface area contributed by atoms with Crippen LogP contribution in [-0.4, -0.2) is 66.0 Å². The molecule has 0 aliphatic carbocycles. The van der Waals surface area contributed by atoms with Crippen LogP contribution in [0.3, 0.4) is 0 Å². The fourth-order valence-corrected chi connectivity index (χ4v) is 4.32. The molecule has 1 fully saturated rings. The Hall–Kier alpha value is -3.53. The highest BCUT2D eigenvalue weighted by molar-refractivity contribution is 7.99. The number of ether oxygens (including phenoxy) is 1. The number of thioether (sulfide) groups is 1. The highest BCUT2D eigenvalue weighted by atomic mass is 32.2. The van der Waals surface area contributed by atoms with Gasteiger partial charge in [0, 0.05) is 43.5 Å². The number of aromatic nitrogens is 2. The number of para-hydroxylation sites is 1. The van der Waals surface area contributed by atoms with Crippen molar-refractivity contribution in [2.24, 2.45) is 0 Å². The summed E-state index contributed by atoms with van der Waals surface area (Å²) in [5.41, 5.74) is 2.35. The second-order valence-corrected chi connectivity index (χ2v) is 9.35. The topological polar surface area (TPSA) is 101 Å². The van der Waals surface area contributed by atoms with Gasteiger partial charge in [0.2, 0.25) is 11.8 Å². The van der Waals surface area contributed by atoms with Gasteiger partial charge in [-0.1, -0.05) is 37.7 Å². The fraction of sp³-hybridized carbons (Fsp3) is 0.360. The van der Waals surface area contributed by atoms with Crippen LogP contribution >= 0.6 is 11.8 Å². The molecule has 0 atom stereocenters. The smallest absolute Gasteiger partial charge is 0.277 e. The van der Waals surface area contributed by atoms with Crippen molar-refractivity contribution < 1.29 is 18.7 Å². The van der Waals surface area contributed by atoms with Gasteiger partial charge in [0.15, 0.2) is 0 Å². The Balaban J connectivity index is 1.26. The molecule has 0 spiro atoms. The minimum absolute atomic E-state index is 0.0148. The van der Waals surface area contributed by atoms with Crippen LogP contribution in [0, 0.1) is 0 Å². The number of hydrogen-bond acceptors (Lipinski definition) is 8. The first-order valence-electron chi connectivity index (χ1n) is 11.5. The number of carbonyl (C=O) groups excluding carboxylic acids is 2. The summed E-state index contributed by atoms with van der Waals surface area (Å²) < 4.78 is 10.8. The Labute approximate surface area is 208 Å². The van der Waals surface area contributed by atoms with E-state index in [0.717, 1.165) is 24.5 Å². The lowest BCUT2D eigenvalue weighted by Crippen LogP contribution is -2.48. The van der Waals surface area contributed by atoms with Crippen LogP contribution < -0.4 is 15.0 Å². The highest BCUT2D eigenvalue weighted by Crippen LogP contribution is 2.24. The Morgan fingerprint density at radius 2 is 1.77 bits per heavy atom. The summed E-state index contributed by atoms with van der Waals surface area (Å²) in [5, 5.41) is 11.2.